The maximum atomic E-state index is 6.05. The smallest absolute Gasteiger partial charge is 0.181 e. The van der Waals surface area contributed by atoms with Crippen molar-refractivity contribution in [1.29, 1.82) is 0 Å². The molecule has 1 aliphatic heterocycles. The first-order chi connectivity index (χ1) is 8.26. The molecule has 4 nitrogen and oxygen atoms in total. The zero-order valence-electron chi connectivity index (χ0n) is 9.55. The molecule has 6 heteroatoms. The van der Waals surface area contributed by atoms with E-state index in [-0.39, 0.29) is 11.9 Å². The van der Waals surface area contributed by atoms with Crippen LogP contribution in [-0.2, 0) is 9.47 Å². The maximum absolute atomic E-state index is 6.05. The van der Waals surface area contributed by atoms with Crippen LogP contribution in [0.2, 0.25) is 0 Å². The van der Waals surface area contributed by atoms with Crippen LogP contribution in [0.1, 0.15) is 25.7 Å². The highest BCUT2D eigenvalue weighted by Gasteiger charge is 2.43. The molecule has 1 atom stereocenters. The number of nitrogens with two attached hydrogens (primary N) is 1. The van der Waals surface area contributed by atoms with E-state index in [9.17, 15) is 0 Å². The van der Waals surface area contributed by atoms with Crippen LogP contribution in [0.3, 0.4) is 0 Å². The topological polar surface area (TPSA) is 57.4 Å². The van der Waals surface area contributed by atoms with Crippen LogP contribution in [0.25, 0.3) is 0 Å². The van der Waals surface area contributed by atoms with E-state index in [4.69, 9.17) is 15.2 Å². The minimum absolute atomic E-state index is 0.210. The van der Waals surface area contributed by atoms with Gasteiger partial charge < -0.3 is 15.2 Å². The Morgan fingerprint density at radius 2 is 2.35 bits per heavy atom. The number of hydrogen-bond acceptors (Lipinski definition) is 6. The Morgan fingerprint density at radius 3 is 3.06 bits per heavy atom. The van der Waals surface area contributed by atoms with E-state index >= 15 is 0 Å². The van der Waals surface area contributed by atoms with Gasteiger partial charge in [-0.3, -0.25) is 0 Å². The molecular formula is C11H16N2O2S2. The lowest BCUT2D eigenvalue weighted by Gasteiger charge is -2.21. The Bertz CT molecular complexity index is 391. The maximum Gasteiger partial charge on any atom is 0.181 e. The predicted molar refractivity (Wildman–Crippen MR) is 69.3 cm³/mol. The largest absolute Gasteiger partial charge is 0.375 e. The highest BCUT2D eigenvalue weighted by molar-refractivity contribution is 8.01. The number of nitrogens with zero attached hydrogens (tertiary/aromatic N) is 1. The van der Waals surface area contributed by atoms with Crippen molar-refractivity contribution in [2.75, 3.05) is 18.1 Å². The van der Waals surface area contributed by atoms with Gasteiger partial charge in [0.15, 0.2) is 10.9 Å². The lowest BCUT2D eigenvalue weighted by atomic mass is 10.2. The molecule has 1 aromatic heterocycles. The minimum Gasteiger partial charge on any atom is -0.375 e. The molecule has 1 aliphatic carbocycles. The minimum atomic E-state index is -0.238. The lowest BCUT2D eigenvalue weighted by Crippen LogP contribution is -2.27. The highest BCUT2D eigenvalue weighted by atomic mass is 32.2. The SMILES string of the molecule is Nc1ncc(SCC2COC3(CCCC3)O2)s1. The summed E-state index contributed by atoms with van der Waals surface area (Å²) in [6.07, 6.45) is 6.60. The summed E-state index contributed by atoms with van der Waals surface area (Å²) in [4.78, 5) is 4.04. The summed E-state index contributed by atoms with van der Waals surface area (Å²) in [6, 6.07) is 0. The fourth-order valence-corrected chi connectivity index (χ4v) is 4.14. The van der Waals surface area contributed by atoms with E-state index in [1.807, 2.05) is 6.20 Å². The molecule has 1 saturated carbocycles. The van der Waals surface area contributed by atoms with Crippen LogP contribution < -0.4 is 5.73 Å². The van der Waals surface area contributed by atoms with Crippen molar-refractivity contribution < 1.29 is 9.47 Å². The molecule has 2 aliphatic rings. The van der Waals surface area contributed by atoms with Gasteiger partial charge in [-0.1, -0.05) is 11.3 Å². The van der Waals surface area contributed by atoms with Crippen LogP contribution in [-0.4, -0.2) is 29.2 Å². The van der Waals surface area contributed by atoms with Crippen LogP contribution >= 0.6 is 23.1 Å². The van der Waals surface area contributed by atoms with Gasteiger partial charge in [0.2, 0.25) is 0 Å². The summed E-state index contributed by atoms with van der Waals surface area (Å²) in [6.45, 7) is 0.723. The second-order valence-electron chi connectivity index (χ2n) is 4.50. The van der Waals surface area contributed by atoms with Crippen LogP contribution in [0, 0.1) is 0 Å². The van der Waals surface area contributed by atoms with Crippen molar-refractivity contribution in [1.82, 2.24) is 4.98 Å². The number of ether oxygens (including phenoxy) is 2. The van der Waals surface area contributed by atoms with Gasteiger partial charge in [-0.25, -0.2) is 4.98 Å². The van der Waals surface area contributed by atoms with Crippen molar-refractivity contribution >= 4 is 28.2 Å². The van der Waals surface area contributed by atoms with Gasteiger partial charge in [0, 0.05) is 18.6 Å². The van der Waals surface area contributed by atoms with E-state index in [2.05, 4.69) is 4.98 Å². The summed E-state index contributed by atoms with van der Waals surface area (Å²) in [7, 11) is 0. The molecule has 1 spiro atoms. The number of hydrogen-bond donors (Lipinski definition) is 1. The molecule has 94 valence electrons. The summed E-state index contributed by atoms with van der Waals surface area (Å²) >= 11 is 3.28. The van der Waals surface area contributed by atoms with Gasteiger partial charge >= 0.3 is 0 Å². The van der Waals surface area contributed by atoms with Gasteiger partial charge in [-0.2, -0.15) is 0 Å². The predicted octanol–water partition coefficient (Wildman–Crippen LogP) is 2.50. The first kappa shape index (κ1) is 11.8. The average Bonchev–Trinajstić information content (AvgIpc) is 3.01. The molecule has 1 unspecified atom stereocenters. The summed E-state index contributed by atoms with van der Waals surface area (Å²) < 4.78 is 13.0. The third kappa shape index (κ3) is 2.59. The quantitative estimate of drug-likeness (QED) is 0.857. The zero-order valence-corrected chi connectivity index (χ0v) is 11.2. The van der Waals surface area contributed by atoms with E-state index < -0.39 is 0 Å². The highest BCUT2D eigenvalue weighted by Crippen LogP contribution is 2.40. The van der Waals surface area contributed by atoms with Crippen LogP contribution in [0.4, 0.5) is 5.13 Å². The first-order valence-electron chi connectivity index (χ1n) is 5.92. The Hall–Kier alpha value is -0.300. The molecule has 2 fully saturated rings. The molecule has 1 aromatic rings. The first-order valence-corrected chi connectivity index (χ1v) is 7.72. The Kier molecular flexibility index (Phi) is 3.30. The van der Waals surface area contributed by atoms with E-state index in [0.29, 0.717) is 5.13 Å². The third-order valence-electron chi connectivity index (χ3n) is 3.19. The Balaban J connectivity index is 1.50. The zero-order chi connectivity index (χ0) is 11.7. The number of thiazole rings is 1. The van der Waals surface area contributed by atoms with Crippen LogP contribution in [0.5, 0.6) is 0 Å². The molecule has 0 aromatic carbocycles. The van der Waals surface area contributed by atoms with E-state index in [1.165, 1.54) is 24.2 Å². The van der Waals surface area contributed by atoms with E-state index in [0.717, 1.165) is 29.4 Å². The molecule has 0 radical (unpaired) electrons. The number of rotatable bonds is 3. The van der Waals surface area contributed by atoms with Crippen molar-refractivity contribution in [3.63, 3.8) is 0 Å². The molecule has 0 amide bonds. The number of aromatic nitrogens is 1. The fraction of sp³-hybridized carbons (Fsp3) is 0.727. The van der Waals surface area contributed by atoms with Crippen molar-refractivity contribution in [2.45, 2.75) is 41.8 Å². The number of anilines is 1. The molecule has 2 heterocycles. The standard InChI is InChI=1S/C11H16N2O2S2/c12-10-13-5-9(17-10)16-7-8-6-14-11(15-8)3-1-2-4-11/h5,8H,1-4,6-7H2,(H2,12,13). The van der Waals surface area contributed by atoms with Gasteiger partial charge in [0.05, 0.1) is 23.1 Å². The second kappa shape index (κ2) is 4.76. The van der Waals surface area contributed by atoms with Gasteiger partial charge in [-0.15, -0.1) is 11.8 Å². The second-order valence-corrected chi connectivity index (χ2v) is 6.88. The summed E-state index contributed by atoms with van der Waals surface area (Å²) in [5.74, 6) is 0.682. The van der Waals surface area contributed by atoms with Crippen molar-refractivity contribution in [3.8, 4) is 0 Å². The Labute approximate surface area is 109 Å². The normalized spacial score (nSPS) is 26.9. The number of thioether (sulfide) groups is 1. The number of nitrogen functional groups attached to an aromatic ring is 1. The average molecular weight is 272 g/mol. The van der Waals surface area contributed by atoms with Gasteiger partial charge in [-0.05, 0) is 12.8 Å². The molecule has 1 saturated heterocycles. The summed E-state index contributed by atoms with van der Waals surface area (Å²) in [5, 5.41) is 0.628. The lowest BCUT2D eigenvalue weighted by molar-refractivity contribution is -0.159. The van der Waals surface area contributed by atoms with Crippen LogP contribution in [0.15, 0.2) is 10.4 Å². The Morgan fingerprint density at radius 1 is 1.53 bits per heavy atom. The van der Waals surface area contributed by atoms with Crippen molar-refractivity contribution in [2.24, 2.45) is 0 Å². The van der Waals surface area contributed by atoms with Gasteiger partial charge in [0.25, 0.3) is 0 Å². The summed E-state index contributed by atoms with van der Waals surface area (Å²) in [5.41, 5.74) is 5.59. The fourth-order valence-electron chi connectivity index (χ4n) is 2.39. The van der Waals surface area contributed by atoms with Crippen molar-refractivity contribution in [3.05, 3.63) is 6.20 Å². The molecule has 3 rings (SSSR count). The molecular weight excluding hydrogens is 256 g/mol. The third-order valence-corrected chi connectivity index (χ3v) is 5.35. The molecule has 0 bridgehead atoms. The van der Waals surface area contributed by atoms with E-state index in [1.54, 1.807) is 11.8 Å². The van der Waals surface area contributed by atoms with Gasteiger partial charge in [0.1, 0.15) is 0 Å². The molecule has 2 N–H and O–H groups in total. The monoisotopic (exact) mass is 272 g/mol. The molecule has 17 heavy (non-hydrogen) atoms.